The molecule has 1 aromatic carbocycles. The Morgan fingerprint density at radius 1 is 1.16 bits per heavy atom. The second-order valence-corrected chi connectivity index (χ2v) is 8.45. The molecule has 164 valence electrons. The number of aryl methyl sites for hydroxylation is 2. The Bertz CT molecular complexity index is 1180. The number of hydrogen-bond donors (Lipinski definition) is 1. The third-order valence-electron chi connectivity index (χ3n) is 6.22. The number of anilines is 1. The molecule has 0 atom stereocenters. The summed E-state index contributed by atoms with van der Waals surface area (Å²) in [6, 6.07) is 13.3. The van der Waals surface area contributed by atoms with Crippen molar-refractivity contribution in [3.63, 3.8) is 0 Å². The molecule has 0 spiro atoms. The van der Waals surface area contributed by atoms with Crippen molar-refractivity contribution in [2.75, 3.05) is 5.32 Å². The van der Waals surface area contributed by atoms with Crippen LogP contribution in [0.1, 0.15) is 71.0 Å². The monoisotopic (exact) mass is 428 g/mol. The van der Waals surface area contributed by atoms with E-state index in [1.165, 1.54) is 32.1 Å². The minimum Gasteiger partial charge on any atom is -0.438 e. The van der Waals surface area contributed by atoms with Gasteiger partial charge in [-0.15, -0.1) is 0 Å². The number of carbonyl (C=O) groups is 1. The molecule has 0 radical (unpaired) electrons. The molecule has 32 heavy (non-hydrogen) atoms. The third-order valence-corrected chi connectivity index (χ3v) is 6.22. The average molecular weight is 429 g/mol. The van der Waals surface area contributed by atoms with Crippen molar-refractivity contribution in [3.05, 3.63) is 70.7 Å². The molecule has 1 saturated carbocycles. The zero-order valence-corrected chi connectivity index (χ0v) is 18.8. The molecule has 1 fully saturated rings. The van der Waals surface area contributed by atoms with Crippen LogP contribution >= 0.6 is 0 Å². The fraction of sp³-hybridized carbons (Fsp3) is 0.346. The lowest BCUT2D eigenvalue weighted by molar-refractivity contribution is 0.102. The summed E-state index contributed by atoms with van der Waals surface area (Å²) < 4.78 is 8.13. The highest BCUT2D eigenvalue weighted by atomic mass is 16.5. The van der Waals surface area contributed by atoms with Gasteiger partial charge in [0.15, 0.2) is 0 Å². The highest BCUT2D eigenvalue weighted by Gasteiger charge is 2.23. The van der Waals surface area contributed by atoms with Gasteiger partial charge in [-0.2, -0.15) is 5.26 Å². The first-order chi connectivity index (χ1) is 15.5. The first-order valence-electron chi connectivity index (χ1n) is 11.1. The number of nitrogens with one attached hydrogen (secondary N) is 1. The van der Waals surface area contributed by atoms with Crippen molar-refractivity contribution < 1.29 is 9.53 Å². The number of pyridine rings is 1. The number of aromatic nitrogens is 2. The number of nitrogens with zero attached hydrogens (tertiary/aromatic N) is 3. The number of ether oxygens (including phenoxy) is 1. The van der Waals surface area contributed by atoms with Crippen molar-refractivity contribution in [2.45, 2.75) is 58.9 Å². The van der Waals surface area contributed by atoms with E-state index in [2.05, 4.69) is 27.9 Å². The second kappa shape index (κ2) is 9.27. The van der Waals surface area contributed by atoms with Crippen LogP contribution in [0, 0.1) is 32.1 Å². The lowest BCUT2D eigenvalue weighted by Gasteiger charge is -2.26. The van der Waals surface area contributed by atoms with E-state index in [1.54, 1.807) is 24.4 Å². The van der Waals surface area contributed by atoms with Crippen molar-refractivity contribution in [1.29, 1.82) is 5.26 Å². The maximum atomic E-state index is 13.1. The molecule has 1 N–H and O–H groups in total. The first-order valence-corrected chi connectivity index (χ1v) is 11.1. The lowest BCUT2D eigenvalue weighted by atomic mass is 9.95. The zero-order valence-electron chi connectivity index (χ0n) is 18.8. The van der Waals surface area contributed by atoms with Crippen LogP contribution in [0.4, 0.5) is 5.69 Å². The molecule has 0 saturated heterocycles. The van der Waals surface area contributed by atoms with E-state index in [0.29, 0.717) is 17.4 Å². The molecule has 2 heterocycles. The van der Waals surface area contributed by atoms with Crippen molar-refractivity contribution >= 4 is 11.6 Å². The van der Waals surface area contributed by atoms with E-state index in [1.807, 2.05) is 32.0 Å². The predicted molar refractivity (Wildman–Crippen MR) is 124 cm³/mol. The summed E-state index contributed by atoms with van der Waals surface area (Å²) >= 11 is 0. The third kappa shape index (κ3) is 4.38. The van der Waals surface area contributed by atoms with E-state index in [0.717, 1.165) is 28.2 Å². The van der Waals surface area contributed by atoms with Crippen molar-refractivity contribution in [2.24, 2.45) is 0 Å². The summed E-state index contributed by atoms with van der Waals surface area (Å²) in [6.45, 7) is 6.04. The summed E-state index contributed by atoms with van der Waals surface area (Å²) in [5.74, 6) is 0.723. The number of benzene rings is 1. The fourth-order valence-corrected chi connectivity index (χ4v) is 4.61. The van der Waals surface area contributed by atoms with Crippen LogP contribution in [0.2, 0.25) is 0 Å². The van der Waals surface area contributed by atoms with E-state index in [9.17, 15) is 10.1 Å². The van der Waals surface area contributed by atoms with Crippen LogP contribution in [-0.2, 0) is 0 Å². The van der Waals surface area contributed by atoms with E-state index in [-0.39, 0.29) is 11.8 Å². The molecule has 0 unspecified atom stereocenters. The number of amides is 1. The molecule has 1 aliphatic carbocycles. The Morgan fingerprint density at radius 3 is 2.66 bits per heavy atom. The molecule has 3 aromatic rings. The summed E-state index contributed by atoms with van der Waals surface area (Å²) in [5, 5.41) is 12.3. The van der Waals surface area contributed by atoms with Gasteiger partial charge in [-0.3, -0.25) is 4.79 Å². The highest BCUT2D eigenvalue weighted by molar-refractivity contribution is 6.05. The standard InChI is InChI=1S/C26H28N4O2/c1-17-14-22(32-26-20(16-27)8-7-13-28-26)11-12-24(17)29-25(31)23-15-18(2)30(19(23)3)21-9-5-4-6-10-21/h7-8,11-15,21H,4-6,9-10H2,1-3H3,(H,29,31). The van der Waals surface area contributed by atoms with Crippen LogP contribution in [0.3, 0.4) is 0 Å². The van der Waals surface area contributed by atoms with Crippen LogP contribution in [0.5, 0.6) is 11.6 Å². The predicted octanol–water partition coefficient (Wildman–Crippen LogP) is 6.23. The zero-order chi connectivity index (χ0) is 22.7. The van der Waals surface area contributed by atoms with Gasteiger partial charge in [0.25, 0.3) is 5.91 Å². The number of nitriles is 1. The normalized spacial score (nSPS) is 14.1. The second-order valence-electron chi connectivity index (χ2n) is 8.45. The van der Waals surface area contributed by atoms with Gasteiger partial charge in [0.05, 0.1) is 5.56 Å². The molecule has 1 aliphatic rings. The van der Waals surface area contributed by atoms with Gasteiger partial charge in [-0.1, -0.05) is 19.3 Å². The minimum atomic E-state index is -0.103. The molecule has 0 bridgehead atoms. The Hall–Kier alpha value is -3.59. The van der Waals surface area contributed by atoms with Crippen LogP contribution in [-0.4, -0.2) is 15.5 Å². The number of rotatable bonds is 5. The number of hydrogen-bond acceptors (Lipinski definition) is 4. The van der Waals surface area contributed by atoms with Gasteiger partial charge in [0.2, 0.25) is 5.88 Å². The molecule has 6 heteroatoms. The van der Waals surface area contributed by atoms with Crippen molar-refractivity contribution in [3.8, 4) is 17.7 Å². The van der Waals surface area contributed by atoms with Gasteiger partial charge < -0.3 is 14.6 Å². The number of carbonyl (C=O) groups excluding carboxylic acids is 1. The molecule has 2 aromatic heterocycles. The maximum Gasteiger partial charge on any atom is 0.257 e. The largest absolute Gasteiger partial charge is 0.438 e. The van der Waals surface area contributed by atoms with Crippen molar-refractivity contribution in [1.82, 2.24) is 9.55 Å². The van der Waals surface area contributed by atoms with Gasteiger partial charge in [0, 0.05) is 29.3 Å². The fourth-order valence-electron chi connectivity index (χ4n) is 4.61. The van der Waals surface area contributed by atoms with Crippen LogP contribution < -0.4 is 10.1 Å². The Morgan fingerprint density at radius 2 is 1.94 bits per heavy atom. The summed E-state index contributed by atoms with van der Waals surface area (Å²) in [4.78, 5) is 17.2. The van der Waals surface area contributed by atoms with E-state index in [4.69, 9.17) is 4.74 Å². The summed E-state index contributed by atoms with van der Waals surface area (Å²) in [6.07, 6.45) is 7.77. The van der Waals surface area contributed by atoms with Gasteiger partial charge in [-0.25, -0.2) is 4.98 Å². The van der Waals surface area contributed by atoms with Crippen LogP contribution in [0.15, 0.2) is 42.6 Å². The molecule has 6 nitrogen and oxygen atoms in total. The molecular formula is C26H28N4O2. The molecule has 4 rings (SSSR count). The smallest absolute Gasteiger partial charge is 0.257 e. The van der Waals surface area contributed by atoms with Gasteiger partial charge in [-0.05, 0) is 75.6 Å². The first kappa shape index (κ1) is 21.6. The highest BCUT2D eigenvalue weighted by Crippen LogP contribution is 2.33. The molecular weight excluding hydrogens is 400 g/mol. The van der Waals surface area contributed by atoms with Crippen LogP contribution in [0.25, 0.3) is 0 Å². The molecule has 0 aliphatic heterocycles. The molecule has 1 amide bonds. The van der Waals surface area contributed by atoms with E-state index < -0.39 is 0 Å². The van der Waals surface area contributed by atoms with E-state index >= 15 is 0 Å². The topological polar surface area (TPSA) is 79.9 Å². The van der Waals surface area contributed by atoms with Gasteiger partial charge >= 0.3 is 0 Å². The SMILES string of the molecule is Cc1cc(Oc2ncccc2C#N)ccc1NC(=O)c1cc(C)n(C2CCCCC2)c1C. The average Bonchev–Trinajstić information content (AvgIpc) is 3.10. The summed E-state index contributed by atoms with van der Waals surface area (Å²) in [5.41, 5.74) is 4.86. The Labute approximate surface area is 188 Å². The Kier molecular flexibility index (Phi) is 6.27. The Balaban J connectivity index is 1.51. The quantitative estimate of drug-likeness (QED) is 0.522. The lowest BCUT2D eigenvalue weighted by Crippen LogP contribution is -2.17. The van der Waals surface area contributed by atoms with Gasteiger partial charge in [0.1, 0.15) is 17.4 Å². The summed E-state index contributed by atoms with van der Waals surface area (Å²) in [7, 11) is 0. The maximum absolute atomic E-state index is 13.1. The minimum absolute atomic E-state index is 0.103.